The molecule has 6 nitrogen and oxygen atoms in total. The van der Waals surface area contributed by atoms with E-state index in [1.807, 2.05) is 17.5 Å². The number of nitrogens with one attached hydrogen (secondary N) is 1. The predicted octanol–water partition coefficient (Wildman–Crippen LogP) is 0.378. The van der Waals surface area contributed by atoms with E-state index in [-0.39, 0.29) is 0 Å². The first-order chi connectivity index (χ1) is 8.54. The Morgan fingerprint density at radius 3 is 2.78 bits per heavy atom. The number of aliphatic hydroxyl groups excluding tert-OH is 1. The number of hydrogen-bond acceptors (Lipinski definition) is 4. The van der Waals surface area contributed by atoms with Gasteiger partial charge in [0.2, 0.25) is 0 Å². The number of aliphatic hydroxyl groups is 1. The number of aliphatic carboxylic acids is 1. The van der Waals surface area contributed by atoms with Crippen LogP contribution >= 0.6 is 11.3 Å². The summed E-state index contributed by atoms with van der Waals surface area (Å²) < 4.78 is 0. The fourth-order valence-electron chi connectivity index (χ4n) is 1.28. The molecule has 0 spiro atoms. The van der Waals surface area contributed by atoms with Gasteiger partial charge < -0.3 is 20.4 Å². The van der Waals surface area contributed by atoms with Gasteiger partial charge in [0.25, 0.3) is 0 Å². The smallest absolute Gasteiger partial charge is 0.328 e. The summed E-state index contributed by atoms with van der Waals surface area (Å²) in [5.74, 6) is -1.25. The van der Waals surface area contributed by atoms with Gasteiger partial charge in [0.05, 0.1) is 6.61 Å². The van der Waals surface area contributed by atoms with E-state index in [0.717, 1.165) is 11.3 Å². The van der Waals surface area contributed by atoms with Crippen molar-refractivity contribution in [2.24, 2.45) is 0 Å². The topological polar surface area (TPSA) is 89.9 Å². The number of urea groups is 1. The van der Waals surface area contributed by atoms with E-state index in [9.17, 15) is 9.59 Å². The lowest BCUT2D eigenvalue weighted by molar-refractivity contribution is -0.140. The highest BCUT2D eigenvalue weighted by Gasteiger charge is 2.20. The van der Waals surface area contributed by atoms with Gasteiger partial charge in [-0.15, -0.1) is 11.3 Å². The Labute approximate surface area is 109 Å². The molecule has 0 aromatic carbocycles. The molecule has 1 rings (SSSR count). The molecule has 1 aromatic rings. The maximum absolute atomic E-state index is 11.6. The highest BCUT2D eigenvalue weighted by atomic mass is 32.1. The SMILES string of the molecule is CN(CCc1cccs1)C(=O)N[C@@H](CO)C(=O)O. The highest BCUT2D eigenvalue weighted by Crippen LogP contribution is 2.09. The van der Waals surface area contributed by atoms with Crippen molar-refractivity contribution >= 4 is 23.3 Å². The monoisotopic (exact) mass is 272 g/mol. The number of thiophene rings is 1. The maximum Gasteiger partial charge on any atom is 0.328 e. The van der Waals surface area contributed by atoms with E-state index in [4.69, 9.17) is 10.2 Å². The van der Waals surface area contributed by atoms with E-state index in [2.05, 4.69) is 5.32 Å². The minimum Gasteiger partial charge on any atom is -0.480 e. The number of hydrogen-bond donors (Lipinski definition) is 3. The molecule has 18 heavy (non-hydrogen) atoms. The van der Waals surface area contributed by atoms with Crippen molar-refractivity contribution in [3.8, 4) is 0 Å². The second-order valence-corrected chi connectivity index (χ2v) is 4.81. The average molecular weight is 272 g/mol. The molecule has 1 atom stereocenters. The number of rotatable bonds is 6. The number of likely N-dealkylation sites (N-methyl/N-ethyl adjacent to an activating group) is 1. The van der Waals surface area contributed by atoms with Crippen molar-refractivity contribution in [3.63, 3.8) is 0 Å². The summed E-state index contributed by atoms with van der Waals surface area (Å²) in [4.78, 5) is 24.8. The van der Waals surface area contributed by atoms with Gasteiger partial charge in [0.1, 0.15) is 0 Å². The van der Waals surface area contributed by atoms with Crippen molar-refractivity contribution < 1.29 is 19.8 Å². The third-order valence-corrected chi connectivity index (χ3v) is 3.33. The van der Waals surface area contributed by atoms with Crippen LogP contribution in [0.3, 0.4) is 0 Å². The molecule has 0 fully saturated rings. The first-order valence-electron chi connectivity index (χ1n) is 5.42. The number of carboxylic acid groups (broad SMARTS) is 1. The molecule has 100 valence electrons. The van der Waals surface area contributed by atoms with Crippen molar-refractivity contribution in [2.75, 3.05) is 20.2 Å². The average Bonchev–Trinajstić information content (AvgIpc) is 2.85. The maximum atomic E-state index is 11.6. The second kappa shape index (κ2) is 6.97. The van der Waals surface area contributed by atoms with Crippen molar-refractivity contribution in [1.29, 1.82) is 0 Å². The summed E-state index contributed by atoms with van der Waals surface area (Å²) >= 11 is 1.61. The molecule has 0 aliphatic heterocycles. The lowest BCUT2D eigenvalue weighted by Gasteiger charge is -2.20. The molecule has 7 heteroatoms. The predicted molar refractivity (Wildman–Crippen MR) is 67.7 cm³/mol. The summed E-state index contributed by atoms with van der Waals surface area (Å²) in [7, 11) is 1.58. The molecule has 1 heterocycles. The Morgan fingerprint density at radius 2 is 2.28 bits per heavy atom. The molecule has 3 N–H and O–H groups in total. The van der Waals surface area contributed by atoms with E-state index < -0.39 is 24.6 Å². The van der Waals surface area contributed by atoms with Gasteiger partial charge in [-0.05, 0) is 17.9 Å². The van der Waals surface area contributed by atoms with Gasteiger partial charge in [-0.1, -0.05) is 6.07 Å². The number of amides is 2. The van der Waals surface area contributed by atoms with Crippen LogP contribution < -0.4 is 5.32 Å². The van der Waals surface area contributed by atoms with Crippen LogP contribution in [-0.2, 0) is 11.2 Å². The molecule has 0 saturated heterocycles. The van der Waals surface area contributed by atoms with Gasteiger partial charge in [-0.2, -0.15) is 0 Å². The van der Waals surface area contributed by atoms with Crippen LogP contribution in [0.5, 0.6) is 0 Å². The van der Waals surface area contributed by atoms with Gasteiger partial charge in [0.15, 0.2) is 6.04 Å². The third kappa shape index (κ3) is 4.34. The summed E-state index contributed by atoms with van der Waals surface area (Å²) in [6.07, 6.45) is 0.721. The van der Waals surface area contributed by atoms with Gasteiger partial charge in [-0.25, -0.2) is 9.59 Å². The third-order valence-electron chi connectivity index (χ3n) is 2.40. The summed E-state index contributed by atoms with van der Waals surface area (Å²) in [5.41, 5.74) is 0. The van der Waals surface area contributed by atoms with Crippen LogP contribution in [0.15, 0.2) is 17.5 Å². The summed E-state index contributed by atoms with van der Waals surface area (Å²) in [5, 5.41) is 21.7. The Hall–Kier alpha value is -1.60. The number of carboxylic acids is 1. The minimum atomic E-state index is -1.26. The molecule has 0 aliphatic rings. The van der Waals surface area contributed by atoms with E-state index in [0.29, 0.717) is 6.54 Å². The Balaban J connectivity index is 2.38. The Bertz CT molecular complexity index is 394. The number of nitrogens with zero attached hydrogens (tertiary/aromatic N) is 1. The summed E-state index contributed by atoms with van der Waals surface area (Å²) in [6, 6.07) is 2.14. The van der Waals surface area contributed by atoms with Crippen molar-refractivity contribution in [2.45, 2.75) is 12.5 Å². The van der Waals surface area contributed by atoms with Gasteiger partial charge in [-0.3, -0.25) is 0 Å². The molecule has 0 radical (unpaired) electrons. The van der Waals surface area contributed by atoms with Crippen LogP contribution in [0.1, 0.15) is 4.88 Å². The number of carbonyl (C=O) groups is 2. The van der Waals surface area contributed by atoms with Crippen LogP contribution in [0.4, 0.5) is 4.79 Å². The van der Waals surface area contributed by atoms with Crippen LogP contribution in [0.2, 0.25) is 0 Å². The van der Waals surface area contributed by atoms with Crippen molar-refractivity contribution in [1.82, 2.24) is 10.2 Å². The lowest BCUT2D eigenvalue weighted by Crippen LogP contribution is -2.48. The first kappa shape index (κ1) is 14.5. The zero-order chi connectivity index (χ0) is 13.5. The minimum absolute atomic E-state index is 0.490. The van der Waals surface area contributed by atoms with E-state index in [1.54, 1.807) is 18.4 Å². The highest BCUT2D eigenvalue weighted by molar-refractivity contribution is 7.09. The van der Waals surface area contributed by atoms with Crippen LogP contribution in [0, 0.1) is 0 Å². The van der Waals surface area contributed by atoms with Gasteiger partial charge in [0, 0.05) is 18.5 Å². The lowest BCUT2D eigenvalue weighted by atomic mass is 10.3. The second-order valence-electron chi connectivity index (χ2n) is 3.77. The first-order valence-corrected chi connectivity index (χ1v) is 6.30. The Kier molecular flexibility index (Phi) is 5.60. The Morgan fingerprint density at radius 1 is 1.56 bits per heavy atom. The zero-order valence-electron chi connectivity index (χ0n) is 10.00. The molecule has 0 unspecified atom stereocenters. The summed E-state index contributed by atoms with van der Waals surface area (Å²) in [6.45, 7) is -0.135. The van der Waals surface area contributed by atoms with E-state index in [1.165, 1.54) is 4.90 Å². The standard InChI is InChI=1S/C11H16N2O4S/c1-13(5-4-8-3-2-6-18-8)11(17)12-9(7-14)10(15)16/h2-3,6,9,14H,4-5,7H2,1H3,(H,12,17)(H,15,16)/t9-/m0/s1. The molecule has 0 saturated carbocycles. The normalized spacial score (nSPS) is 11.9. The molecule has 0 bridgehead atoms. The van der Waals surface area contributed by atoms with Crippen molar-refractivity contribution in [3.05, 3.63) is 22.4 Å². The molecular formula is C11H16N2O4S. The molecule has 2 amide bonds. The largest absolute Gasteiger partial charge is 0.480 e. The van der Waals surface area contributed by atoms with Gasteiger partial charge >= 0.3 is 12.0 Å². The van der Waals surface area contributed by atoms with Crippen LogP contribution in [-0.4, -0.2) is 53.4 Å². The van der Waals surface area contributed by atoms with Crippen LogP contribution in [0.25, 0.3) is 0 Å². The zero-order valence-corrected chi connectivity index (χ0v) is 10.8. The number of carbonyl (C=O) groups excluding carboxylic acids is 1. The molecule has 1 aromatic heterocycles. The molecular weight excluding hydrogens is 256 g/mol. The quantitative estimate of drug-likeness (QED) is 0.698. The fourth-order valence-corrected chi connectivity index (χ4v) is 1.98. The fraction of sp³-hybridized carbons (Fsp3) is 0.455. The van der Waals surface area contributed by atoms with E-state index >= 15 is 0 Å². The molecule has 0 aliphatic carbocycles.